The van der Waals surface area contributed by atoms with Crippen molar-refractivity contribution in [3.63, 3.8) is 0 Å². The summed E-state index contributed by atoms with van der Waals surface area (Å²) in [6, 6.07) is 14.4. The van der Waals surface area contributed by atoms with Gasteiger partial charge in [-0.2, -0.15) is 0 Å². The van der Waals surface area contributed by atoms with Crippen molar-refractivity contribution in [1.82, 2.24) is 5.32 Å². The zero-order valence-corrected chi connectivity index (χ0v) is 13.9. The lowest BCUT2D eigenvalue weighted by Gasteiger charge is -2.10. The number of halogens is 1. The zero-order chi connectivity index (χ0) is 16.7. The number of hydrogen-bond donors (Lipinski definition) is 2. The van der Waals surface area contributed by atoms with Gasteiger partial charge < -0.3 is 15.2 Å². The van der Waals surface area contributed by atoms with Crippen LogP contribution in [0.2, 0.25) is 0 Å². The molecule has 2 rings (SSSR count). The molecular weight excluding hydrogens is 362 g/mol. The quantitative estimate of drug-likeness (QED) is 0.777. The third-order valence-electron chi connectivity index (χ3n) is 3.11. The SMILES string of the molecule is O=C(COc1ccc(Br)cc1C(=O)O)NCCc1ccccc1. The van der Waals surface area contributed by atoms with Crippen LogP contribution in [0.4, 0.5) is 0 Å². The van der Waals surface area contributed by atoms with Crippen LogP contribution in [0.15, 0.2) is 53.0 Å². The van der Waals surface area contributed by atoms with Crippen LogP contribution in [0, 0.1) is 0 Å². The van der Waals surface area contributed by atoms with E-state index < -0.39 is 5.97 Å². The monoisotopic (exact) mass is 377 g/mol. The Balaban J connectivity index is 1.81. The van der Waals surface area contributed by atoms with E-state index in [1.807, 2.05) is 30.3 Å². The topological polar surface area (TPSA) is 75.6 Å². The molecule has 0 heterocycles. The Hall–Kier alpha value is -2.34. The molecule has 0 radical (unpaired) electrons. The second kappa shape index (κ2) is 8.33. The minimum Gasteiger partial charge on any atom is -0.483 e. The van der Waals surface area contributed by atoms with Crippen LogP contribution in [0.25, 0.3) is 0 Å². The van der Waals surface area contributed by atoms with Crippen molar-refractivity contribution in [3.05, 3.63) is 64.1 Å². The smallest absolute Gasteiger partial charge is 0.339 e. The summed E-state index contributed by atoms with van der Waals surface area (Å²) in [6.07, 6.45) is 0.727. The highest BCUT2D eigenvalue weighted by molar-refractivity contribution is 9.10. The van der Waals surface area contributed by atoms with E-state index in [1.54, 1.807) is 6.07 Å². The first-order valence-electron chi connectivity index (χ1n) is 7.02. The molecule has 0 atom stereocenters. The molecule has 0 saturated heterocycles. The average Bonchev–Trinajstić information content (AvgIpc) is 2.54. The number of aromatic carboxylic acids is 1. The van der Waals surface area contributed by atoms with Gasteiger partial charge in [-0.05, 0) is 30.2 Å². The fraction of sp³-hybridized carbons (Fsp3) is 0.176. The first-order chi connectivity index (χ1) is 11.1. The molecule has 5 nitrogen and oxygen atoms in total. The van der Waals surface area contributed by atoms with Crippen molar-refractivity contribution in [3.8, 4) is 5.75 Å². The first kappa shape index (κ1) is 17.0. The van der Waals surface area contributed by atoms with E-state index in [0.29, 0.717) is 11.0 Å². The van der Waals surface area contributed by atoms with E-state index in [0.717, 1.165) is 12.0 Å². The molecule has 1 amide bonds. The highest BCUT2D eigenvalue weighted by atomic mass is 79.9. The number of benzene rings is 2. The molecule has 0 aliphatic heterocycles. The summed E-state index contributed by atoms with van der Waals surface area (Å²) in [5, 5.41) is 11.9. The lowest BCUT2D eigenvalue weighted by molar-refractivity contribution is -0.123. The molecule has 0 spiro atoms. The third-order valence-corrected chi connectivity index (χ3v) is 3.60. The summed E-state index contributed by atoms with van der Waals surface area (Å²) in [5.74, 6) is -1.23. The predicted molar refractivity (Wildman–Crippen MR) is 89.8 cm³/mol. The summed E-state index contributed by atoms with van der Waals surface area (Å²) in [6.45, 7) is 0.273. The molecule has 0 aliphatic carbocycles. The van der Waals surface area contributed by atoms with Crippen LogP contribution < -0.4 is 10.1 Å². The Morgan fingerprint density at radius 2 is 1.87 bits per heavy atom. The normalized spacial score (nSPS) is 10.1. The highest BCUT2D eigenvalue weighted by Gasteiger charge is 2.13. The Kier molecular flexibility index (Phi) is 6.17. The van der Waals surface area contributed by atoms with Gasteiger partial charge in [0.2, 0.25) is 0 Å². The lowest BCUT2D eigenvalue weighted by Crippen LogP contribution is -2.30. The average molecular weight is 378 g/mol. The Morgan fingerprint density at radius 1 is 1.13 bits per heavy atom. The van der Waals surface area contributed by atoms with Gasteiger partial charge in [0.1, 0.15) is 11.3 Å². The number of carbonyl (C=O) groups excluding carboxylic acids is 1. The minimum absolute atomic E-state index is 0.0106. The van der Waals surface area contributed by atoms with Gasteiger partial charge in [0.25, 0.3) is 5.91 Å². The molecule has 0 aromatic heterocycles. The summed E-state index contributed by atoms with van der Waals surface area (Å²) in [7, 11) is 0. The Morgan fingerprint density at radius 3 is 2.57 bits per heavy atom. The molecule has 120 valence electrons. The van der Waals surface area contributed by atoms with Crippen molar-refractivity contribution in [2.45, 2.75) is 6.42 Å². The van der Waals surface area contributed by atoms with Crippen molar-refractivity contribution in [2.24, 2.45) is 0 Å². The maximum Gasteiger partial charge on any atom is 0.339 e. The molecule has 2 aromatic rings. The molecule has 2 N–H and O–H groups in total. The van der Waals surface area contributed by atoms with Crippen LogP contribution in [-0.4, -0.2) is 30.1 Å². The van der Waals surface area contributed by atoms with E-state index in [2.05, 4.69) is 21.2 Å². The minimum atomic E-state index is -1.11. The molecular formula is C17H16BrNO4. The molecule has 0 bridgehead atoms. The van der Waals surface area contributed by atoms with Gasteiger partial charge in [0, 0.05) is 11.0 Å². The molecule has 0 fully saturated rings. The summed E-state index contributed by atoms with van der Waals surface area (Å²) >= 11 is 3.20. The number of amides is 1. The first-order valence-corrected chi connectivity index (χ1v) is 7.82. The largest absolute Gasteiger partial charge is 0.483 e. The van der Waals surface area contributed by atoms with E-state index in [9.17, 15) is 9.59 Å². The fourth-order valence-corrected chi connectivity index (χ4v) is 2.34. The predicted octanol–water partition coefficient (Wildman–Crippen LogP) is 2.89. The van der Waals surface area contributed by atoms with Crippen LogP contribution in [0.1, 0.15) is 15.9 Å². The van der Waals surface area contributed by atoms with Crippen LogP contribution in [0.5, 0.6) is 5.75 Å². The van der Waals surface area contributed by atoms with E-state index in [-0.39, 0.29) is 23.8 Å². The number of ether oxygens (including phenoxy) is 1. The van der Waals surface area contributed by atoms with Crippen molar-refractivity contribution in [1.29, 1.82) is 0 Å². The van der Waals surface area contributed by atoms with Crippen LogP contribution in [0.3, 0.4) is 0 Å². The maximum atomic E-state index is 11.8. The zero-order valence-electron chi connectivity index (χ0n) is 12.3. The van der Waals surface area contributed by atoms with E-state index in [1.165, 1.54) is 12.1 Å². The van der Waals surface area contributed by atoms with Gasteiger partial charge in [-0.3, -0.25) is 4.79 Å². The summed E-state index contributed by atoms with van der Waals surface area (Å²) in [4.78, 5) is 22.9. The van der Waals surface area contributed by atoms with Crippen LogP contribution >= 0.6 is 15.9 Å². The molecule has 23 heavy (non-hydrogen) atoms. The number of carbonyl (C=O) groups is 2. The van der Waals surface area contributed by atoms with Gasteiger partial charge in [0.05, 0.1) is 0 Å². The second-order valence-corrected chi connectivity index (χ2v) is 5.74. The third kappa shape index (κ3) is 5.41. The Bertz CT molecular complexity index is 688. The van der Waals surface area contributed by atoms with Crippen molar-refractivity contribution in [2.75, 3.05) is 13.2 Å². The van der Waals surface area contributed by atoms with Gasteiger partial charge >= 0.3 is 5.97 Å². The summed E-state index contributed by atoms with van der Waals surface area (Å²) < 4.78 is 5.94. The van der Waals surface area contributed by atoms with Gasteiger partial charge in [-0.25, -0.2) is 4.79 Å². The maximum absolute atomic E-state index is 11.8. The molecule has 0 unspecified atom stereocenters. The number of carboxylic acid groups (broad SMARTS) is 1. The molecule has 6 heteroatoms. The van der Waals surface area contributed by atoms with Gasteiger partial charge in [-0.1, -0.05) is 46.3 Å². The second-order valence-electron chi connectivity index (χ2n) is 4.82. The lowest BCUT2D eigenvalue weighted by atomic mass is 10.1. The fourth-order valence-electron chi connectivity index (χ4n) is 1.98. The number of hydrogen-bond acceptors (Lipinski definition) is 3. The standard InChI is InChI=1S/C17H16BrNO4/c18-13-6-7-15(14(10-13)17(21)22)23-11-16(20)19-9-8-12-4-2-1-3-5-12/h1-7,10H,8-9,11H2,(H,19,20)(H,21,22). The van der Waals surface area contributed by atoms with Gasteiger partial charge in [-0.15, -0.1) is 0 Å². The van der Waals surface area contributed by atoms with E-state index in [4.69, 9.17) is 9.84 Å². The number of rotatable bonds is 7. The molecule has 0 saturated carbocycles. The van der Waals surface area contributed by atoms with Crippen LogP contribution in [-0.2, 0) is 11.2 Å². The number of nitrogens with one attached hydrogen (secondary N) is 1. The highest BCUT2D eigenvalue weighted by Crippen LogP contribution is 2.23. The van der Waals surface area contributed by atoms with E-state index >= 15 is 0 Å². The molecule has 2 aromatic carbocycles. The summed E-state index contributed by atoms with van der Waals surface area (Å²) in [5.41, 5.74) is 1.14. The van der Waals surface area contributed by atoms with Crippen molar-refractivity contribution >= 4 is 27.8 Å². The Labute approximate surface area is 142 Å². The number of carboxylic acids is 1. The molecule has 0 aliphatic rings. The van der Waals surface area contributed by atoms with Gasteiger partial charge in [0.15, 0.2) is 6.61 Å². The van der Waals surface area contributed by atoms with Crippen molar-refractivity contribution < 1.29 is 19.4 Å².